The van der Waals surface area contributed by atoms with Gasteiger partial charge in [0.1, 0.15) is 6.61 Å². The molecule has 0 aliphatic heterocycles. The molecule has 0 bridgehead atoms. The first-order valence-corrected chi connectivity index (χ1v) is 5.23. The first kappa shape index (κ1) is 11.5. The summed E-state index contributed by atoms with van der Waals surface area (Å²) in [6, 6.07) is 9.85. The molecule has 2 nitrogen and oxygen atoms in total. The van der Waals surface area contributed by atoms with Crippen LogP contribution in [0.3, 0.4) is 0 Å². The third-order valence-electron chi connectivity index (χ3n) is 1.89. The van der Waals surface area contributed by atoms with Gasteiger partial charge in [0.05, 0.1) is 5.69 Å². The van der Waals surface area contributed by atoms with Crippen LogP contribution in [0.1, 0.15) is 20.3 Å². The van der Waals surface area contributed by atoms with Gasteiger partial charge in [-0.25, -0.2) is 4.99 Å². The largest absolute Gasteiger partial charge is 0.477 e. The molecular weight excluding hydrogens is 186 g/mol. The van der Waals surface area contributed by atoms with E-state index in [1.807, 2.05) is 56.3 Å². The maximum Gasteiger partial charge on any atom is 0.188 e. The molecule has 2 heteroatoms. The van der Waals surface area contributed by atoms with Crippen molar-refractivity contribution in [3.63, 3.8) is 0 Å². The third-order valence-corrected chi connectivity index (χ3v) is 1.89. The number of hydrogen-bond donors (Lipinski definition) is 0. The zero-order chi connectivity index (χ0) is 10.9. The van der Waals surface area contributed by atoms with Gasteiger partial charge in [0.25, 0.3) is 0 Å². The molecule has 0 amide bonds. The molecule has 0 atom stereocenters. The molecule has 1 aromatic rings. The smallest absolute Gasteiger partial charge is 0.188 e. The topological polar surface area (TPSA) is 21.6 Å². The number of allylic oxidation sites excluding steroid dienone is 1. The molecule has 0 saturated carbocycles. The second-order valence-corrected chi connectivity index (χ2v) is 3.07. The number of rotatable bonds is 4. The van der Waals surface area contributed by atoms with E-state index in [4.69, 9.17) is 4.74 Å². The van der Waals surface area contributed by atoms with Crippen molar-refractivity contribution in [3.8, 4) is 0 Å². The lowest BCUT2D eigenvalue weighted by atomic mass is 10.3. The quantitative estimate of drug-likeness (QED) is 0.415. The van der Waals surface area contributed by atoms with Gasteiger partial charge >= 0.3 is 0 Å². The van der Waals surface area contributed by atoms with Gasteiger partial charge in [-0.15, -0.1) is 0 Å². The minimum Gasteiger partial charge on any atom is -0.477 e. The Labute approximate surface area is 91.3 Å². The molecule has 1 aromatic carbocycles. The van der Waals surface area contributed by atoms with Crippen LogP contribution in [0.25, 0.3) is 0 Å². The molecule has 0 aliphatic carbocycles. The van der Waals surface area contributed by atoms with Gasteiger partial charge in [0.15, 0.2) is 5.90 Å². The highest BCUT2D eigenvalue weighted by Gasteiger charge is 1.95. The normalized spacial score (nSPS) is 12.0. The molecule has 1 rings (SSSR count). The van der Waals surface area contributed by atoms with Crippen LogP contribution in [0.5, 0.6) is 0 Å². The van der Waals surface area contributed by atoms with Crippen molar-refractivity contribution >= 4 is 11.6 Å². The zero-order valence-corrected chi connectivity index (χ0v) is 9.31. The molecule has 0 spiro atoms. The highest BCUT2D eigenvalue weighted by molar-refractivity contribution is 5.78. The molecule has 0 unspecified atom stereocenters. The van der Waals surface area contributed by atoms with Crippen molar-refractivity contribution in [1.82, 2.24) is 0 Å². The van der Waals surface area contributed by atoms with E-state index in [9.17, 15) is 0 Å². The van der Waals surface area contributed by atoms with E-state index in [1.54, 1.807) is 0 Å². The summed E-state index contributed by atoms with van der Waals surface area (Å²) in [5.41, 5.74) is 0.940. The van der Waals surface area contributed by atoms with Gasteiger partial charge < -0.3 is 4.74 Å². The lowest BCUT2D eigenvalue weighted by molar-refractivity contribution is 0.341. The van der Waals surface area contributed by atoms with E-state index in [0.29, 0.717) is 6.61 Å². The van der Waals surface area contributed by atoms with E-state index in [2.05, 4.69) is 4.99 Å². The van der Waals surface area contributed by atoms with E-state index in [-0.39, 0.29) is 0 Å². The number of aliphatic imine (C=N–C) groups is 1. The predicted octanol–water partition coefficient (Wildman–Crippen LogP) is 3.72. The van der Waals surface area contributed by atoms with Crippen molar-refractivity contribution in [2.45, 2.75) is 20.3 Å². The number of ether oxygens (including phenoxy) is 1. The van der Waals surface area contributed by atoms with Crippen LogP contribution in [0, 0.1) is 0 Å². The average Bonchev–Trinajstić information content (AvgIpc) is 2.29. The van der Waals surface area contributed by atoms with Crippen molar-refractivity contribution in [2.24, 2.45) is 4.99 Å². The Morgan fingerprint density at radius 1 is 1.33 bits per heavy atom. The fraction of sp³-hybridized carbons (Fsp3) is 0.308. The molecule has 80 valence electrons. The van der Waals surface area contributed by atoms with Crippen molar-refractivity contribution in [1.29, 1.82) is 0 Å². The molecule has 0 radical (unpaired) electrons. The van der Waals surface area contributed by atoms with Crippen LogP contribution in [0.15, 0.2) is 47.5 Å². The maximum absolute atomic E-state index is 5.50. The summed E-state index contributed by atoms with van der Waals surface area (Å²) < 4.78 is 5.50. The minimum atomic E-state index is 0.593. The molecule has 0 aromatic heterocycles. The number of benzene rings is 1. The van der Waals surface area contributed by atoms with Gasteiger partial charge in [-0.2, -0.15) is 0 Å². The first-order chi connectivity index (χ1) is 7.36. The predicted molar refractivity (Wildman–Crippen MR) is 64.6 cm³/mol. The van der Waals surface area contributed by atoms with Crippen molar-refractivity contribution < 1.29 is 4.74 Å². The Bertz CT molecular complexity index is 328. The van der Waals surface area contributed by atoms with Crippen LogP contribution in [0.2, 0.25) is 0 Å². The molecule has 0 heterocycles. The van der Waals surface area contributed by atoms with Gasteiger partial charge in [-0.3, -0.25) is 0 Å². The summed E-state index contributed by atoms with van der Waals surface area (Å²) in [5.74, 6) is 0.777. The van der Waals surface area contributed by atoms with E-state index in [1.165, 1.54) is 0 Å². The van der Waals surface area contributed by atoms with Crippen LogP contribution in [-0.2, 0) is 4.74 Å². The minimum absolute atomic E-state index is 0.593. The standard InChI is InChI=1S/C13H17NO/c1-3-5-11-15-13(4-2)14-12-9-7-6-8-10-12/h3,5-10H,4,11H2,1-2H3/b5-3+,14-13?. The summed E-state index contributed by atoms with van der Waals surface area (Å²) in [6.07, 6.45) is 4.75. The summed E-state index contributed by atoms with van der Waals surface area (Å²) in [5, 5.41) is 0. The first-order valence-electron chi connectivity index (χ1n) is 5.23. The Hall–Kier alpha value is -1.57. The van der Waals surface area contributed by atoms with E-state index in [0.717, 1.165) is 18.0 Å². The summed E-state index contributed by atoms with van der Waals surface area (Å²) in [4.78, 5) is 4.41. The maximum atomic E-state index is 5.50. The highest BCUT2D eigenvalue weighted by Crippen LogP contribution is 2.11. The second kappa shape index (κ2) is 6.82. The Morgan fingerprint density at radius 3 is 2.67 bits per heavy atom. The fourth-order valence-corrected chi connectivity index (χ4v) is 1.10. The number of nitrogens with zero attached hydrogens (tertiary/aromatic N) is 1. The Kier molecular flexibility index (Phi) is 5.23. The van der Waals surface area contributed by atoms with Gasteiger partial charge in [-0.1, -0.05) is 37.3 Å². The second-order valence-electron chi connectivity index (χ2n) is 3.07. The van der Waals surface area contributed by atoms with E-state index >= 15 is 0 Å². The Morgan fingerprint density at radius 2 is 2.07 bits per heavy atom. The van der Waals surface area contributed by atoms with Crippen LogP contribution in [-0.4, -0.2) is 12.5 Å². The highest BCUT2D eigenvalue weighted by atomic mass is 16.5. The molecule has 0 fully saturated rings. The van der Waals surface area contributed by atoms with Crippen LogP contribution in [0.4, 0.5) is 5.69 Å². The van der Waals surface area contributed by atoms with Gasteiger partial charge in [0, 0.05) is 6.42 Å². The number of para-hydroxylation sites is 1. The SMILES string of the molecule is C/C=C/COC(CC)=Nc1ccccc1. The molecule has 0 saturated heterocycles. The number of hydrogen-bond acceptors (Lipinski definition) is 2. The Balaban J connectivity index is 2.61. The van der Waals surface area contributed by atoms with Crippen molar-refractivity contribution in [3.05, 3.63) is 42.5 Å². The molecule has 0 aliphatic rings. The van der Waals surface area contributed by atoms with Crippen molar-refractivity contribution in [2.75, 3.05) is 6.61 Å². The summed E-state index contributed by atoms with van der Waals surface area (Å²) in [6.45, 7) is 4.61. The lowest BCUT2D eigenvalue weighted by Gasteiger charge is -2.04. The average molecular weight is 203 g/mol. The monoisotopic (exact) mass is 203 g/mol. The lowest BCUT2D eigenvalue weighted by Crippen LogP contribution is -2.02. The molecular formula is C13H17NO. The summed E-state index contributed by atoms with van der Waals surface area (Å²) >= 11 is 0. The van der Waals surface area contributed by atoms with Gasteiger partial charge in [0.2, 0.25) is 0 Å². The van der Waals surface area contributed by atoms with E-state index < -0.39 is 0 Å². The van der Waals surface area contributed by atoms with Gasteiger partial charge in [-0.05, 0) is 19.1 Å². The zero-order valence-electron chi connectivity index (χ0n) is 9.31. The summed E-state index contributed by atoms with van der Waals surface area (Å²) in [7, 11) is 0. The van der Waals surface area contributed by atoms with Crippen LogP contribution >= 0.6 is 0 Å². The molecule has 0 N–H and O–H groups in total. The van der Waals surface area contributed by atoms with Crippen LogP contribution < -0.4 is 0 Å². The molecule has 15 heavy (non-hydrogen) atoms. The fourth-order valence-electron chi connectivity index (χ4n) is 1.10. The third kappa shape index (κ3) is 4.45.